The number of benzene rings is 2. The molecule has 1 N–H and O–H groups in total. The number of carbonyl (C=O) groups is 1. The summed E-state index contributed by atoms with van der Waals surface area (Å²) in [6, 6.07) is 14.4. The van der Waals surface area contributed by atoms with Gasteiger partial charge in [0.25, 0.3) is 5.91 Å². The number of rotatable bonds is 6. The molecule has 0 bridgehead atoms. The van der Waals surface area contributed by atoms with Crippen LogP contribution in [-0.2, 0) is 6.61 Å². The molecule has 0 aliphatic heterocycles. The van der Waals surface area contributed by atoms with Crippen LogP contribution in [0.25, 0.3) is 11.5 Å². The zero-order valence-electron chi connectivity index (χ0n) is 14.0. The molecule has 3 rings (SSSR count). The van der Waals surface area contributed by atoms with Gasteiger partial charge in [0.05, 0.1) is 7.11 Å². The third kappa shape index (κ3) is 3.98. The first-order valence-electron chi connectivity index (χ1n) is 7.73. The molecule has 0 aliphatic carbocycles. The van der Waals surface area contributed by atoms with E-state index in [1.807, 2.05) is 24.3 Å². The van der Waals surface area contributed by atoms with Crippen molar-refractivity contribution < 1.29 is 18.7 Å². The second-order valence-corrected chi connectivity index (χ2v) is 5.27. The number of methoxy groups -OCH3 is 1. The summed E-state index contributed by atoms with van der Waals surface area (Å²) >= 11 is 0. The smallest absolute Gasteiger partial charge is 0.251 e. The number of hydrogen-bond donors (Lipinski definition) is 1. The van der Waals surface area contributed by atoms with Gasteiger partial charge in [-0.15, -0.1) is 0 Å². The molecule has 1 amide bonds. The minimum absolute atomic E-state index is 0.159. The number of ether oxygens (including phenoxy) is 2. The molecule has 0 spiro atoms. The van der Waals surface area contributed by atoms with E-state index in [1.165, 1.54) is 0 Å². The summed E-state index contributed by atoms with van der Waals surface area (Å²) in [6.07, 6.45) is 1.56. The zero-order chi connectivity index (χ0) is 17.6. The SMILES string of the molecule is CNC(=O)c1cccc(OCc2coc(-c3ccc(OC)cc3)n2)c1. The van der Waals surface area contributed by atoms with Crippen LogP contribution in [0.1, 0.15) is 16.1 Å². The van der Waals surface area contributed by atoms with Crippen molar-refractivity contribution in [2.45, 2.75) is 6.61 Å². The van der Waals surface area contributed by atoms with E-state index >= 15 is 0 Å². The number of aromatic nitrogens is 1. The van der Waals surface area contributed by atoms with Crippen LogP contribution in [0.3, 0.4) is 0 Å². The average Bonchev–Trinajstić information content (AvgIpc) is 3.15. The zero-order valence-corrected chi connectivity index (χ0v) is 14.0. The highest BCUT2D eigenvalue weighted by Crippen LogP contribution is 2.22. The average molecular weight is 338 g/mol. The van der Waals surface area contributed by atoms with E-state index in [9.17, 15) is 4.79 Å². The Bertz CT molecular complexity index is 856. The Morgan fingerprint density at radius 2 is 1.96 bits per heavy atom. The Labute approximate surface area is 145 Å². The fraction of sp³-hybridized carbons (Fsp3) is 0.158. The Kier molecular flexibility index (Phi) is 4.99. The third-order valence-corrected chi connectivity index (χ3v) is 3.60. The van der Waals surface area contributed by atoms with Gasteiger partial charge < -0.3 is 19.2 Å². The highest BCUT2D eigenvalue weighted by molar-refractivity contribution is 5.94. The topological polar surface area (TPSA) is 73.6 Å². The largest absolute Gasteiger partial charge is 0.497 e. The Morgan fingerprint density at radius 1 is 1.16 bits per heavy atom. The Hall–Kier alpha value is -3.28. The number of nitrogens with one attached hydrogen (secondary N) is 1. The molecule has 1 aromatic heterocycles. The summed E-state index contributed by atoms with van der Waals surface area (Å²) in [5, 5.41) is 2.58. The van der Waals surface area contributed by atoms with E-state index in [0.29, 0.717) is 22.9 Å². The van der Waals surface area contributed by atoms with E-state index in [0.717, 1.165) is 11.3 Å². The van der Waals surface area contributed by atoms with Crippen molar-refractivity contribution in [2.75, 3.05) is 14.2 Å². The monoisotopic (exact) mass is 338 g/mol. The molecule has 6 nitrogen and oxygen atoms in total. The van der Waals surface area contributed by atoms with Gasteiger partial charge in [0.2, 0.25) is 5.89 Å². The summed E-state index contributed by atoms with van der Waals surface area (Å²) in [5.41, 5.74) is 2.06. The van der Waals surface area contributed by atoms with Gasteiger partial charge in [-0.1, -0.05) is 6.07 Å². The molecule has 0 aliphatic rings. The van der Waals surface area contributed by atoms with Gasteiger partial charge in [-0.2, -0.15) is 0 Å². The van der Waals surface area contributed by atoms with Crippen LogP contribution in [0.2, 0.25) is 0 Å². The first-order valence-corrected chi connectivity index (χ1v) is 7.73. The Balaban J connectivity index is 1.66. The maximum atomic E-state index is 11.6. The van der Waals surface area contributed by atoms with Crippen LogP contribution in [0.4, 0.5) is 0 Å². The molecule has 3 aromatic rings. The van der Waals surface area contributed by atoms with Crippen molar-refractivity contribution >= 4 is 5.91 Å². The summed E-state index contributed by atoms with van der Waals surface area (Å²) < 4.78 is 16.3. The molecule has 0 fully saturated rings. The summed E-state index contributed by atoms with van der Waals surface area (Å²) in [4.78, 5) is 16.1. The van der Waals surface area contributed by atoms with E-state index < -0.39 is 0 Å². The highest BCUT2D eigenvalue weighted by Gasteiger charge is 2.09. The second kappa shape index (κ2) is 7.53. The van der Waals surface area contributed by atoms with Gasteiger partial charge in [0.1, 0.15) is 30.1 Å². The molecule has 0 atom stereocenters. The molecule has 0 radical (unpaired) electrons. The summed E-state index contributed by atoms with van der Waals surface area (Å²) in [7, 11) is 3.21. The highest BCUT2D eigenvalue weighted by atomic mass is 16.5. The summed E-state index contributed by atoms with van der Waals surface area (Å²) in [6.45, 7) is 0.247. The van der Waals surface area contributed by atoms with Crippen molar-refractivity contribution in [2.24, 2.45) is 0 Å². The van der Waals surface area contributed by atoms with E-state index in [4.69, 9.17) is 13.9 Å². The molecule has 2 aromatic carbocycles. The number of amides is 1. The lowest BCUT2D eigenvalue weighted by atomic mass is 10.2. The van der Waals surface area contributed by atoms with Gasteiger partial charge in [0, 0.05) is 18.2 Å². The predicted molar refractivity (Wildman–Crippen MR) is 92.7 cm³/mol. The molecule has 0 saturated carbocycles. The molecule has 6 heteroatoms. The molecule has 25 heavy (non-hydrogen) atoms. The van der Waals surface area contributed by atoms with Gasteiger partial charge in [-0.3, -0.25) is 4.79 Å². The number of oxazole rings is 1. The van der Waals surface area contributed by atoms with Crippen molar-refractivity contribution in [1.29, 1.82) is 0 Å². The van der Waals surface area contributed by atoms with Gasteiger partial charge in [0.15, 0.2) is 0 Å². The quantitative estimate of drug-likeness (QED) is 0.746. The first-order chi connectivity index (χ1) is 12.2. The standard InChI is InChI=1S/C19H18N2O4/c1-20-18(22)14-4-3-5-17(10-14)24-11-15-12-25-19(21-15)13-6-8-16(23-2)9-7-13/h3-10,12H,11H2,1-2H3,(H,20,22). The van der Waals surface area contributed by atoms with Crippen LogP contribution in [-0.4, -0.2) is 25.0 Å². The minimum atomic E-state index is -0.159. The summed E-state index contributed by atoms with van der Waals surface area (Å²) in [5.74, 6) is 1.72. The third-order valence-electron chi connectivity index (χ3n) is 3.60. The van der Waals surface area contributed by atoms with Crippen LogP contribution >= 0.6 is 0 Å². The van der Waals surface area contributed by atoms with E-state index in [2.05, 4.69) is 10.3 Å². The molecule has 1 heterocycles. The van der Waals surface area contributed by atoms with E-state index in [-0.39, 0.29) is 12.5 Å². The lowest BCUT2D eigenvalue weighted by molar-refractivity contribution is 0.0962. The van der Waals surface area contributed by atoms with Gasteiger partial charge in [-0.25, -0.2) is 4.98 Å². The number of nitrogens with zero attached hydrogens (tertiary/aromatic N) is 1. The maximum absolute atomic E-state index is 11.6. The van der Waals surface area contributed by atoms with Gasteiger partial charge in [-0.05, 0) is 42.5 Å². The predicted octanol–water partition coefficient (Wildman–Crippen LogP) is 3.29. The second-order valence-electron chi connectivity index (χ2n) is 5.27. The van der Waals surface area contributed by atoms with E-state index in [1.54, 1.807) is 44.7 Å². The number of carbonyl (C=O) groups excluding carboxylic acids is 1. The molecule has 128 valence electrons. The number of hydrogen-bond acceptors (Lipinski definition) is 5. The molecule has 0 unspecified atom stereocenters. The van der Waals surface area contributed by atoms with Crippen LogP contribution < -0.4 is 14.8 Å². The van der Waals surface area contributed by atoms with Crippen LogP contribution in [0.15, 0.2) is 59.2 Å². The Morgan fingerprint density at radius 3 is 2.68 bits per heavy atom. The van der Waals surface area contributed by atoms with Gasteiger partial charge >= 0.3 is 0 Å². The van der Waals surface area contributed by atoms with Crippen LogP contribution in [0.5, 0.6) is 11.5 Å². The van der Waals surface area contributed by atoms with Crippen molar-refractivity contribution in [1.82, 2.24) is 10.3 Å². The van der Waals surface area contributed by atoms with Crippen LogP contribution in [0, 0.1) is 0 Å². The fourth-order valence-electron chi connectivity index (χ4n) is 2.27. The minimum Gasteiger partial charge on any atom is -0.497 e. The molecule has 0 saturated heterocycles. The van der Waals surface area contributed by atoms with Crippen molar-refractivity contribution in [3.8, 4) is 23.0 Å². The fourth-order valence-corrected chi connectivity index (χ4v) is 2.27. The lowest BCUT2D eigenvalue weighted by Gasteiger charge is -2.05. The lowest BCUT2D eigenvalue weighted by Crippen LogP contribution is -2.17. The van der Waals surface area contributed by atoms with Crippen molar-refractivity contribution in [3.63, 3.8) is 0 Å². The maximum Gasteiger partial charge on any atom is 0.251 e. The van der Waals surface area contributed by atoms with Crippen molar-refractivity contribution in [3.05, 3.63) is 66.1 Å². The molecular formula is C19H18N2O4. The normalized spacial score (nSPS) is 10.3. The first kappa shape index (κ1) is 16.6. The molecular weight excluding hydrogens is 320 g/mol.